The lowest BCUT2D eigenvalue weighted by Crippen LogP contribution is -2.51. The molecule has 0 radical (unpaired) electrons. The molecule has 0 saturated carbocycles. The molecule has 5 heteroatoms. The number of nitrogens with zero attached hydrogens (tertiary/aromatic N) is 2. The fourth-order valence-corrected chi connectivity index (χ4v) is 3.30. The SMILES string of the molecule is COCCOCc1cc(C#N)ccc1N1CCC2(CC1)COC2. The normalized spacial score (nSPS) is 19.4. The van der Waals surface area contributed by atoms with Crippen molar-refractivity contribution in [3.05, 3.63) is 29.3 Å². The molecule has 0 aromatic heterocycles. The molecule has 0 bridgehead atoms. The van der Waals surface area contributed by atoms with Crippen LogP contribution >= 0.6 is 0 Å². The van der Waals surface area contributed by atoms with Gasteiger partial charge in [-0.1, -0.05) is 0 Å². The number of rotatable bonds is 6. The standard InChI is InChI=1S/C18H24N2O3/c1-21-8-9-22-12-16-10-15(11-19)2-3-17(16)20-6-4-18(5-7-20)13-23-14-18/h2-3,10H,4-9,12-14H2,1H3. The van der Waals surface area contributed by atoms with Crippen molar-refractivity contribution in [1.82, 2.24) is 0 Å². The van der Waals surface area contributed by atoms with E-state index in [2.05, 4.69) is 17.0 Å². The zero-order valence-electron chi connectivity index (χ0n) is 13.7. The van der Waals surface area contributed by atoms with E-state index in [1.165, 1.54) is 18.5 Å². The third-order valence-corrected chi connectivity index (χ3v) is 4.88. The average molecular weight is 316 g/mol. The Hall–Kier alpha value is -1.61. The summed E-state index contributed by atoms with van der Waals surface area (Å²) < 4.78 is 16.1. The van der Waals surface area contributed by atoms with Gasteiger partial charge in [0.2, 0.25) is 0 Å². The number of anilines is 1. The topological polar surface area (TPSA) is 54.7 Å². The highest BCUT2D eigenvalue weighted by Crippen LogP contribution is 2.40. The summed E-state index contributed by atoms with van der Waals surface area (Å²) >= 11 is 0. The van der Waals surface area contributed by atoms with Crippen molar-refractivity contribution in [3.8, 4) is 6.07 Å². The fourth-order valence-electron chi connectivity index (χ4n) is 3.30. The van der Waals surface area contributed by atoms with Crippen LogP contribution in [-0.4, -0.2) is 46.6 Å². The predicted molar refractivity (Wildman–Crippen MR) is 87.4 cm³/mol. The van der Waals surface area contributed by atoms with Crippen LogP contribution in [0, 0.1) is 16.7 Å². The molecule has 124 valence electrons. The molecule has 1 aromatic carbocycles. The lowest BCUT2D eigenvalue weighted by Gasteiger charge is -2.48. The van der Waals surface area contributed by atoms with Crippen molar-refractivity contribution >= 4 is 5.69 Å². The smallest absolute Gasteiger partial charge is 0.0991 e. The average Bonchev–Trinajstić information content (AvgIpc) is 2.57. The molecule has 0 N–H and O–H groups in total. The highest BCUT2D eigenvalue weighted by Gasteiger charge is 2.41. The monoisotopic (exact) mass is 316 g/mol. The number of piperidine rings is 1. The largest absolute Gasteiger partial charge is 0.382 e. The summed E-state index contributed by atoms with van der Waals surface area (Å²) in [4.78, 5) is 2.42. The number of hydrogen-bond acceptors (Lipinski definition) is 5. The molecular formula is C18H24N2O3. The molecule has 23 heavy (non-hydrogen) atoms. The second-order valence-corrected chi connectivity index (χ2v) is 6.48. The number of methoxy groups -OCH3 is 1. The van der Waals surface area contributed by atoms with E-state index in [9.17, 15) is 0 Å². The number of ether oxygens (including phenoxy) is 3. The minimum absolute atomic E-state index is 0.429. The molecule has 0 aliphatic carbocycles. The first-order chi connectivity index (χ1) is 11.3. The van der Waals surface area contributed by atoms with Crippen molar-refractivity contribution in [2.24, 2.45) is 5.41 Å². The van der Waals surface area contributed by atoms with E-state index < -0.39 is 0 Å². The quantitative estimate of drug-likeness (QED) is 0.754. The van der Waals surface area contributed by atoms with E-state index in [0.717, 1.165) is 31.9 Å². The minimum atomic E-state index is 0.429. The van der Waals surface area contributed by atoms with Crippen LogP contribution in [0.3, 0.4) is 0 Å². The van der Waals surface area contributed by atoms with Gasteiger partial charge in [0.05, 0.1) is 44.7 Å². The summed E-state index contributed by atoms with van der Waals surface area (Å²) in [7, 11) is 1.67. The van der Waals surface area contributed by atoms with E-state index in [0.29, 0.717) is 30.8 Å². The maximum Gasteiger partial charge on any atom is 0.0991 e. The van der Waals surface area contributed by atoms with Crippen LogP contribution in [0.1, 0.15) is 24.0 Å². The van der Waals surface area contributed by atoms with Crippen LogP contribution in [-0.2, 0) is 20.8 Å². The first kappa shape index (κ1) is 16.3. The van der Waals surface area contributed by atoms with Gasteiger partial charge in [-0.3, -0.25) is 0 Å². The van der Waals surface area contributed by atoms with Crippen molar-refractivity contribution in [2.45, 2.75) is 19.4 Å². The van der Waals surface area contributed by atoms with E-state index in [1.54, 1.807) is 7.11 Å². The Morgan fingerprint density at radius 1 is 1.26 bits per heavy atom. The highest BCUT2D eigenvalue weighted by molar-refractivity contribution is 5.57. The summed E-state index contributed by atoms with van der Waals surface area (Å²) in [6.07, 6.45) is 2.36. The number of hydrogen-bond donors (Lipinski definition) is 0. The van der Waals surface area contributed by atoms with Gasteiger partial charge in [-0.25, -0.2) is 0 Å². The molecular weight excluding hydrogens is 292 g/mol. The van der Waals surface area contributed by atoms with Crippen LogP contribution < -0.4 is 4.90 Å². The zero-order valence-corrected chi connectivity index (χ0v) is 13.7. The summed E-state index contributed by atoms with van der Waals surface area (Å²) in [5.41, 5.74) is 3.38. The molecule has 2 fully saturated rings. The predicted octanol–water partition coefficient (Wildman–Crippen LogP) is 2.34. The van der Waals surface area contributed by atoms with Gasteiger partial charge >= 0.3 is 0 Å². The van der Waals surface area contributed by atoms with E-state index in [-0.39, 0.29) is 0 Å². The number of nitriles is 1. The van der Waals surface area contributed by atoms with Crippen molar-refractivity contribution < 1.29 is 14.2 Å². The van der Waals surface area contributed by atoms with Crippen LogP contribution in [0.4, 0.5) is 5.69 Å². The molecule has 2 saturated heterocycles. The molecule has 0 atom stereocenters. The molecule has 1 spiro atoms. The first-order valence-electron chi connectivity index (χ1n) is 8.19. The molecule has 2 aliphatic heterocycles. The molecule has 0 unspecified atom stereocenters. The minimum Gasteiger partial charge on any atom is -0.382 e. The summed E-state index contributed by atoms with van der Waals surface area (Å²) in [5, 5.41) is 9.14. The maximum atomic E-state index is 9.14. The molecule has 1 aromatic rings. The number of benzene rings is 1. The lowest BCUT2D eigenvalue weighted by molar-refractivity contribution is -0.124. The fraction of sp³-hybridized carbons (Fsp3) is 0.611. The van der Waals surface area contributed by atoms with Gasteiger partial charge in [-0.15, -0.1) is 0 Å². The first-order valence-corrected chi connectivity index (χ1v) is 8.19. The molecule has 5 nitrogen and oxygen atoms in total. The van der Waals surface area contributed by atoms with E-state index in [4.69, 9.17) is 19.5 Å². The summed E-state index contributed by atoms with van der Waals surface area (Å²) in [6.45, 7) is 5.58. The third kappa shape index (κ3) is 3.66. The molecule has 2 aliphatic rings. The van der Waals surface area contributed by atoms with Gasteiger partial charge in [0, 0.05) is 36.9 Å². The van der Waals surface area contributed by atoms with E-state index in [1.807, 2.05) is 12.1 Å². The second kappa shape index (κ2) is 7.31. The van der Waals surface area contributed by atoms with Crippen LogP contribution in [0.15, 0.2) is 18.2 Å². The van der Waals surface area contributed by atoms with Gasteiger partial charge in [-0.2, -0.15) is 5.26 Å². The van der Waals surface area contributed by atoms with Crippen LogP contribution in [0.2, 0.25) is 0 Å². The second-order valence-electron chi connectivity index (χ2n) is 6.48. The van der Waals surface area contributed by atoms with Gasteiger partial charge in [0.25, 0.3) is 0 Å². The van der Waals surface area contributed by atoms with Gasteiger partial charge in [0.1, 0.15) is 0 Å². The van der Waals surface area contributed by atoms with Gasteiger partial charge in [-0.05, 0) is 31.0 Å². The Bertz CT molecular complexity index is 568. The Labute approximate surface area is 137 Å². The van der Waals surface area contributed by atoms with Crippen molar-refractivity contribution in [2.75, 3.05) is 51.5 Å². The molecule has 0 amide bonds. The van der Waals surface area contributed by atoms with Crippen LogP contribution in [0.25, 0.3) is 0 Å². The third-order valence-electron chi connectivity index (χ3n) is 4.88. The lowest BCUT2D eigenvalue weighted by atomic mass is 9.76. The van der Waals surface area contributed by atoms with Gasteiger partial charge in [0.15, 0.2) is 0 Å². The Morgan fingerprint density at radius 2 is 2.04 bits per heavy atom. The Balaban J connectivity index is 1.68. The van der Waals surface area contributed by atoms with Crippen molar-refractivity contribution in [1.29, 1.82) is 5.26 Å². The van der Waals surface area contributed by atoms with Crippen LogP contribution in [0.5, 0.6) is 0 Å². The summed E-state index contributed by atoms with van der Waals surface area (Å²) in [6, 6.07) is 8.11. The van der Waals surface area contributed by atoms with E-state index >= 15 is 0 Å². The Kier molecular flexibility index (Phi) is 5.16. The highest BCUT2D eigenvalue weighted by atomic mass is 16.5. The zero-order chi connectivity index (χ0) is 16.1. The van der Waals surface area contributed by atoms with Crippen molar-refractivity contribution in [3.63, 3.8) is 0 Å². The molecule has 3 rings (SSSR count). The maximum absolute atomic E-state index is 9.14. The summed E-state index contributed by atoms with van der Waals surface area (Å²) in [5.74, 6) is 0. The molecule has 2 heterocycles. The Morgan fingerprint density at radius 3 is 2.65 bits per heavy atom. The van der Waals surface area contributed by atoms with Gasteiger partial charge < -0.3 is 19.1 Å².